The Labute approximate surface area is 136 Å². The molecule has 1 heterocycles. The summed E-state index contributed by atoms with van der Waals surface area (Å²) in [5.41, 5.74) is 0.169. The highest BCUT2D eigenvalue weighted by molar-refractivity contribution is 5.90. The van der Waals surface area contributed by atoms with E-state index in [0.29, 0.717) is 11.3 Å². The number of esters is 1. The molecule has 3 rings (SSSR count). The van der Waals surface area contributed by atoms with Gasteiger partial charge < -0.3 is 19.4 Å². The van der Waals surface area contributed by atoms with E-state index in [1.807, 2.05) is 6.07 Å². The van der Waals surface area contributed by atoms with Gasteiger partial charge in [0.25, 0.3) is 0 Å². The zero-order valence-electron chi connectivity index (χ0n) is 12.8. The molecule has 122 valence electrons. The first kappa shape index (κ1) is 15.6. The van der Waals surface area contributed by atoms with Crippen LogP contribution < -0.4 is 10.2 Å². The van der Waals surface area contributed by atoms with Crippen molar-refractivity contribution in [2.75, 3.05) is 0 Å². The fraction of sp³-hybridized carbons (Fsp3) is 0.111. The SMILES string of the molecule is CCC(=O)Oc1cc2oc(-c3ccccc3)cc(=O)c2c(O)c1O. The Kier molecular flexibility index (Phi) is 3.95. The van der Waals surface area contributed by atoms with Gasteiger partial charge in [-0.25, -0.2) is 0 Å². The van der Waals surface area contributed by atoms with E-state index in [1.54, 1.807) is 31.2 Å². The van der Waals surface area contributed by atoms with E-state index >= 15 is 0 Å². The predicted molar refractivity (Wildman–Crippen MR) is 87.2 cm³/mol. The molecule has 0 saturated heterocycles. The first-order chi connectivity index (χ1) is 11.5. The Bertz CT molecular complexity index is 972. The van der Waals surface area contributed by atoms with Gasteiger partial charge in [-0.1, -0.05) is 37.3 Å². The fourth-order valence-corrected chi connectivity index (χ4v) is 2.29. The van der Waals surface area contributed by atoms with Crippen LogP contribution in [0.5, 0.6) is 17.2 Å². The molecule has 2 N–H and O–H groups in total. The minimum atomic E-state index is -0.681. The second-order valence-corrected chi connectivity index (χ2v) is 5.11. The summed E-state index contributed by atoms with van der Waals surface area (Å²) in [6.45, 7) is 1.59. The first-order valence-electron chi connectivity index (χ1n) is 7.30. The summed E-state index contributed by atoms with van der Waals surface area (Å²) >= 11 is 0. The van der Waals surface area contributed by atoms with Crippen LogP contribution in [0.2, 0.25) is 0 Å². The number of fused-ring (bicyclic) bond motifs is 1. The van der Waals surface area contributed by atoms with Crippen LogP contribution in [0.25, 0.3) is 22.3 Å². The monoisotopic (exact) mass is 326 g/mol. The van der Waals surface area contributed by atoms with E-state index < -0.39 is 22.9 Å². The lowest BCUT2D eigenvalue weighted by atomic mass is 10.1. The third-order valence-electron chi connectivity index (χ3n) is 3.50. The standard InChI is InChI=1S/C18H14O6/c1-2-15(20)24-14-9-13-16(18(22)17(14)21)11(19)8-12(23-13)10-6-4-3-5-7-10/h3-9,21-22H,2H2,1H3. The molecule has 0 aliphatic heterocycles. The van der Waals surface area contributed by atoms with Crippen molar-refractivity contribution in [1.82, 2.24) is 0 Å². The summed E-state index contributed by atoms with van der Waals surface area (Å²) in [6.07, 6.45) is 0.0895. The van der Waals surface area contributed by atoms with Crippen molar-refractivity contribution in [2.24, 2.45) is 0 Å². The van der Waals surface area contributed by atoms with Crippen molar-refractivity contribution in [2.45, 2.75) is 13.3 Å². The van der Waals surface area contributed by atoms with Crippen LogP contribution in [-0.2, 0) is 4.79 Å². The molecule has 0 aliphatic carbocycles. The molecule has 0 bridgehead atoms. The second kappa shape index (κ2) is 6.08. The first-order valence-corrected chi connectivity index (χ1v) is 7.30. The molecular formula is C18H14O6. The van der Waals surface area contributed by atoms with Gasteiger partial charge in [-0.15, -0.1) is 0 Å². The number of hydrogen-bond donors (Lipinski definition) is 2. The second-order valence-electron chi connectivity index (χ2n) is 5.11. The fourth-order valence-electron chi connectivity index (χ4n) is 2.29. The van der Waals surface area contributed by atoms with Crippen LogP contribution >= 0.6 is 0 Å². The molecule has 0 atom stereocenters. The average Bonchev–Trinajstić information content (AvgIpc) is 2.59. The quantitative estimate of drug-likeness (QED) is 0.436. The number of rotatable bonds is 3. The molecule has 0 saturated carbocycles. The number of aromatic hydroxyl groups is 2. The maximum absolute atomic E-state index is 12.3. The van der Waals surface area contributed by atoms with Gasteiger partial charge >= 0.3 is 5.97 Å². The van der Waals surface area contributed by atoms with Crippen LogP contribution in [0.1, 0.15) is 13.3 Å². The highest BCUT2D eigenvalue weighted by Crippen LogP contribution is 2.41. The van der Waals surface area contributed by atoms with Crippen molar-refractivity contribution in [1.29, 1.82) is 0 Å². The van der Waals surface area contributed by atoms with Gasteiger partial charge in [-0.05, 0) is 0 Å². The van der Waals surface area contributed by atoms with Crippen molar-refractivity contribution in [3.05, 3.63) is 52.7 Å². The van der Waals surface area contributed by atoms with Crippen LogP contribution in [0.4, 0.5) is 0 Å². The molecule has 6 nitrogen and oxygen atoms in total. The maximum Gasteiger partial charge on any atom is 0.311 e. The number of benzene rings is 2. The Morgan fingerprint density at radius 2 is 1.83 bits per heavy atom. The number of ether oxygens (including phenoxy) is 1. The Hall–Kier alpha value is -3.28. The molecule has 1 aromatic heterocycles. The summed E-state index contributed by atoms with van der Waals surface area (Å²) in [5.74, 6) is -1.92. The number of carbonyl (C=O) groups is 1. The number of carbonyl (C=O) groups excluding carboxylic acids is 1. The van der Waals surface area contributed by atoms with E-state index in [4.69, 9.17) is 9.15 Å². The molecule has 6 heteroatoms. The Morgan fingerprint density at radius 1 is 1.12 bits per heavy atom. The van der Waals surface area contributed by atoms with Gasteiger partial charge in [-0.2, -0.15) is 0 Å². The van der Waals surface area contributed by atoms with Gasteiger partial charge in [0.1, 0.15) is 16.7 Å². The lowest BCUT2D eigenvalue weighted by Crippen LogP contribution is -2.07. The minimum Gasteiger partial charge on any atom is -0.504 e. The summed E-state index contributed by atoms with van der Waals surface area (Å²) < 4.78 is 10.6. The van der Waals surface area contributed by atoms with E-state index in [2.05, 4.69) is 0 Å². The van der Waals surface area contributed by atoms with Crippen LogP contribution in [0.15, 0.2) is 51.7 Å². The third kappa shape index (κ3) is 2.69. The van der Waals surface area contributed by atoms with Gasteiger partial charge in [0.05, 0.1) is 0 Å². The normalized spacial score (nSPS) is 10.7. The highest BCUT2D eigenvalue weighted by atomic mass is 16.5. The van der Waals surface area contributed by atoms with E-state index in [-0.39, 0.29) is 23.1 Å². The molecule has 0 unspecified atom stereocenters. The van der Waals surface area contributed by atoms with E-state index in [1.165, 1.54) is 12.1 Å². The van der Waals surface area contributed by atoms with Gasteiger partial charge in [0.15, 0.2) is 16.9 Å². The van der Waals surface area contributed by atoms with Crippen molar-refractivity contribution >= 4 is 16.9 Å². The summed E-state index contributed by atoms with van der Waals surface area (Å²) in [7, 11) is 0. The smallest absolute Gasteiger partial charge is 0.311 e. The number of phenolic OH excluding ortho intramolecular Hbond substituents is 2. The summed E-state index contributed by atoms with van der Waals surface area (Å²) in [6, 6.07) is 11.4. The molecular weight excluding hydrogens is 312 g/mol. The van der Waals surface area contributed by atoms with Crippen LogP contribution in [0, 0.1) is 0 Å². The largest absolute Gasteiger partial charge is 0.504 e. The van der Waals surface area contributed by atoms with Gasteiger partial charge in [0, 0.05) is 24.1 Å². The van der Waals surface area contributed by atoms with Crippen LogP contribution in [-0.4, -0.2) is 16.2 Å². The number of hydrogen-bond acceptors (Lipinski definition) is 6. The van der Waals surface area contributed by atoms with Gasteiger partial charge in [0.2, 0.25) is 5.75 Å². The number of phenols is 2. The Balaban J connectivity index is 2.24. The summed E-state index contributed by atoms with van der Waals surface area (Å²) in [5, 5.41) is 19.8. The van der Waals surface area contributed by atoms with Crippen molar-refractivity contribution in [3.8, 4) is 28.6 Å². The predicted octanol–water partition coefficient (Wildman–Crippen LogP) is 3.19. The molecule has 0 spiro atoms. The average molecular weight is 326 g/mol. The molecule has 0 aliphatic rings. The lowest BCUT2D eigenvalue weighted by Gasteiger charge is -2.10. The molecule has 0 fully saturated rings. The molecule has 3 aromatic rings. The lowest BCUT2D eigenvalue weighted by molar-refractivity contribution is -0.134. The highest BCUT2D eigenvalue weighted by Gasteiger charge is 2.20. The minimum absolute atomic E-state index is 0.00977. The van der Waals surface area contributed by atoms with Crippen molar-refractivity contribution < 1.29 is 24.2 Å². The van der Waals surface area contributed by atoms with E-state index in [9.17, 15) is 19.8 Å². The molecule has 24 heavy (non-hydrogen) atoms. The summed E-state index contributed by atoms with van der Waals surface area (Å²) in [4.78, 5) is 23.7. The molecule has 0 radical (unpaired) electrons. The van der Waals surface area contributed by atoms with Gasteiger partial charge in [-0.3, -0.25) is 9.59 Å². The topological polar surface area (TPSA) is 97.0 Å². The molecule has 0 amide bonds. The third-order valence-corrected chi connectivity index (χ3v) is 3.50. The molecule has 2 aromatic carbocycles. The van der Waals surface area contributed by atoms with Crippen molar-refractivity contribution in [3.63, 3.8) is 0 Å². The van der Waals surface area contributed by atoms with E-state index in [0.717, 1.165) is 0 Å². The zero-order valence-corrected chi connectivity index (χ0v) is 12.8. The van der Waals surface area contributed by atoms with Crippen LogP contribution in [0.3, 0.4) is 0 Å². The zero-order chi connectivity index (χ0) is 17.3. The Morgan fingerprint density at radius 3 is 2.50 bits per heavy atom. The maximum atomic E-state index is 12.3.